The van der Waals surface area contributed by atoms with Crippen LogP contribution < -0.4 is 0 Å². The van der Waals surface area contributed by atoms with Gasteiger partial charge in [0.15, 0.2) is 0 Å². The number of hydrogen-bond acceptors (Lipinski definition) is 2. The van der Waals surface area contributed by atoms with Gasteiger partial charge in [0.05, 0.1) is 11.7 Å². The molecule has 0 bridgehead atoms. The van der Waals surface area contributed by atoms with Crippen molar-refractivity contribution in [3.63, 3.8) is 0 Å². The predicted octanol–water partition coefficient (Wildman–Crippen LogP) is -0.0477. The summed E-state index contributed by atoms with van der Waals surface area (Å²) in [6.07, 6.45) is -0.644. The van der Waals surface area contributed by atoms with Crippen LogP contribution in [0.1, 0.15) is 13.8 Å². The Bertz CT molecular complexity index is 102. The summed E-state index contributed by atoms with van der Waals surface area (Å²) >= 11 is 0. The van der Waals surface area contributed by atoms with Crippen LogP contribution in [0.4, 0.5) is 0 Å². The second kappa shape index (κ2) is 1.09. The van der Waals surface area contributed by atoms with E-state index in [0.29, 0.717) is 0 Å². The topological polar surface area (TPSA) is 40.5 Å². The first kappa shape index (κ1) is 6.05. The molecule has 0 aromatic heterocycles. The van der Waals surface area contributed by atoms with Crippen LogP contribution in [0.2, 0.25) is 0 Å². The van der Waals surface area contributed by atoms with Crippen LogP contribution in [0.3, 0.4) is 0 Å². The van der Waals surface area contributed by atoms with Crippen LogP contribution in [0.5, 0.6) is 0 Å². The zero-order valence-corrected chi connectivity index (χ0v) is 5.18. The Morgan fingerprint density at radius 3 is 1.62 bits per heavy atom. The Morgan fingerprint density at radius 1 is 1.50 bits per heavy atom. The van der Waals surface area contributed by atoms with Crippen LogP contribution in [0, 0.1) is 12.3 Å². The lowest BCUT2D eigenvalue weighted by Crippen LogP contribution is -2.10. The molecule has 1 rings (SSSR count). The molecule has 0 aliphatic heterocycles. The zero-order valence-electron chi connectivity index (χ0n) is 5.18. The summed E-state index contributed by atoms with van der Waals surface area (Å²) < 4.78 is 0. The number of rotatable bonds is 0. The molecule has 1 saturated carbocycles. The van der Waals surface area contributed by atoms with E-state index >= 15 is 0 Å². The normalized spacial score (nSPS) is 51.4. The van der Waals surface area contributed by atoms with E-state index in [9.17, 15) is 0 Å². The van der Waals surface area contributed by atoms with Gasteiger partial charge in [-0.2, -0.15) is 0 Å². The highest BCUT2D eigenvalue weighted by Crippen LogP contribution is 2.54. The van der Waals surface area contributed by atoms with Crippen molar-refractivity contribution < 1.29 is 10.2 Å². The van der Waals surface area contributed by atoms with E-state index in [0.717, 1.165) is 0 Å². The predicted molar refractivity (Wildman–Crippen MR) is 30.1 cm³/mol. The Labute approximate surface area is 49.1 Å². The second-order valence-electron chi connectivity index (χ2n) is 3.05. The Morgan fingerprint density at radius 2 is 1.62 bits per heavy atom. The van der Waals surface area contributed by atoms with Crippen molar-refractivity contribution in [3.8, 4) is 0 Å². The minimum atomic E-state index is -1.09. The quantitative estimate of drug-likeness (QED) is 0.465. The second-order valence-corrected chi connectivity index (χ2v) is 3.05. The number of hydrogen-bond donors (Lipinski definition) is 2. The fourth-order valence-electron chi connectivity index (χ4n) is 0.802. The highest BCUT2D eigenvalue weighted by molar-refractivity contribution is 5.22. The third-order valence-electron chi connectivity index (χ3n) is 2.17. The molecular weight excluding hydrogens is 104 g/mol. The van der Waals surface area contributed by atoms with Crippen molar-refractivity contribution >= 4 is 0 Å². The molecule has 0 amide bonds. The summed E-state index contributed by atoms with van der Waals surface area (Å²) in [6, 6.07) is 0. The van der Waals surface area contributed by atoms with Crippen molar-refractivity contribution in [1.82, 2.24) is 0 Å². The summed E-state index contributed by atoms with van der Waals surface area (Å²) in [5.74, 6) is 0. The van der Waals surface area contributed by atoms with Gasteiger partial charge in [-0.15, -0.1) is 0 Å². The SMILES string of the molecule is [CH2]C1(O)C(O)C1(C)C. The molecule has 2 atom stereocenters. The summed E-state index contributed by atoms with van der Waals surface area (Å²) in [5.41, 5.74) is -1.49. The molecule has 2 heteroatoms. The fraction of sp³-hybridized carbons (Fsp3) is 0.833. The molecule has 1 radical (unpaired) electrons. The third-order valence-corrected chi connectivity index (χ3v) is 2.17. The smallest absolute Gasteiger partial charge is 0.0989 e. The maximum atomic E-state index is 9.07. The first-order valence-electron chi connectivity index (χ1n) is 2.66. The molecule has 0 heterocycles. The molecule has 0 saturated heterocycles. The van der Waals surface area contributed by atoms with E-state index in [1.54, 1.807) is 13.8 Å². The molecule has 1 fully saturated rings. The average molecular weight is 115 g/mol. The Balaban J connectivity index is 2.72. The van der Waals surface area contributed by atoms with Crippen molar-refractivity contribution in [3.05, 3.63) is 6.92 Å². The van der Waals surface area contributed by atoms with Gasteiger partial charge in [0.2, 0.25) is 0 Å². The molecule has 47 valence electrons. The van der Waals surface area contributed by atoms with Crippen molar-refractivity contribution in [1.29, 1.82) is 0 Å². The lowest BCUT2D eigenvalue weighted by atomic mass is 10.1. The number of aliphatic hydroxyl groups is 2. The van der Waals surface area contributed by atoms with Crippen LogP contribution in [0.15, 0.2) is 0 Å². The van der Waals surface area contributed by atoms with Crippen LogP contribution >= 0.6 is 0 Å². The van der Waals surface area contributed by atoms with Crippen molar-refractivity contribution in [2.24, 2.45) is 5.41 Å². The van der Waals surface area contributed by atoms with E-state index in [-0.39, 0.29) is 0 Å². The highest BCUT2D eigenvalue weighted by atomic mass is 16.4. The van der Waals surface area contributed by atoms with Crippen LogP contribution in [0.25, 0.3) is 0 Å². The van der Waals surface area contributed by atoms with E-state index in [4.69, 9.17) is 10.2 Å². The summed E-state index contributed by atoms with van der Waals surface area (Å²) in [5, 5.41) is 18.0. The lowest BCUT2D eigenvalue weighted by molar-refractivity contribution is 0.118. The maximum absolute atomic E-state index is 9.07. The van der Waals surface area contributed by atoms with Gasteiger partial charge in [-0.05, 0) is 6.92 Å². The van der Waals surface area contributed by atoms with Gasteiger partial charge in [-0.1, -0.05) is 13.8 Å². The third kappa shape index (κ3) is 0.400. The van der Waals surface area contributed by atoms with Crippen molar-refractivity contribution in [2.75, 3.05) is 0 Å². The molecular formula is C6H11O2. The van der Waals surface area contributed by atoms with Gasteiger partial charge >= 0.3 is 0 Å². The molecule has 2 N–H and O–H groups in total. The van der Waals surface area contributed by atoms with Gasteiger partial charge in [0.25, 0.3) is 0 Å². The molecule has 0 aromatic carbocycles. The Kier molecular flexibility index (Phi) is 0.823. The molecule has 8 heavy (non-hydrogen) atoms. The van der Waals surface area contributed by atoms with Gasteiger partial charge in [0, 0.05) is 5.41 Å². The van der Waals surface area contributed by atoms with Gasteiger partial charge in [0.1, 0.15) is 0 Å². The van der Waals surface area contributed by atoms with Gasteiger partial charge in [-0.3, -0.25) is 0 Å². The van der Waals surface area contributed by atoms with E-state index in [1.807, 2.05) is 0 Å². The first-order valence-corrected chi connectivity index (χ1v) is 2.66. The molecule has 1 aliphatic carbocycles. The monoisotopic (exact) mass is 115 g/mol. The van der Waals surface area contributed by atoms with E-state index < -0.39 is 17.1 Å². The molecule has 0 spiro atoms. The zero-order chi connectivity index (χ0) is 6.58. The molecule has 1 aliphatic rings. The lowest BCUT2D eigenvalue weighted by Gasteiger charge is -2.01. The molecule has 2 nitrogen and oxygen atoms in total. The van der Waals surface area contributed by atoms with Gasteiger partial charge < -0.3 is 10.2 Å². The van der Waals surface area contributed by atoms with E-state index in [1.165, 1.54) is 0 Å². The molecule has 2 unspecified atom stereocenters. The highest BCUT2D eigenvalue weighted by Gasteiger charge is 2.67. The molecule has 0 aromatic rings. The fourth-order valence-corrected chi connectivity index (χ4v) is 0.802. The Hall–Kier alpha value is -0.0800. The van der Waals surface area contributed by atoms with E-state index in [2.05, 4.69) is 6.92 Å². The van der Waals surface area contributed by atoms with Crippen LogP contribution in [-0.2, 0) is 0 Å². The van der Waals surface area contributed by atoms with Crippen LogP contribution in [-0.4, -0.2) is 21.9 Å². The maximum Gasteiger partial charge on any atom is 0.0989 e. The average Bonchev–Trinajstić information content (AvgIpc) is 1.88. The largest absolute Gasteiger partial charge is 0.389 e. The van der Waals surface area contributed by atoms with Crippen molar-refractivity contribution in [2.45, 2.75) is 25.6 Å². The first-order chi connectivity index (χ1) is 3.40. The summed E-state index contributed by atoms with van der Waals surface area (Å²) in [6.45, 7) is 6.99. The van der Waals surface area contributed by atoms with Gasteiger partial charge in [-0.25, -0.2) is 0 Å². The summed E-state index contributed by atoms with van der Waals surface area (Å²) in [4.78, 5) is 0. The summed E-state index contributed by atoms with van der Waals surface area (Å²) in [7, 11) is 0. The minimum absolute atomic E-state index is 0.396. The minimum Gasteiger partial charge on any atom is -0.389 e. The number of aliphatic hydroxyl groups excluding tert-OH is 1. The standard InChI is InChI=1S/C6H11O2/c1-5(2)4(7)6(5,3)8/h4,7-8H,3H2,1-2H3.